The number of furan rings is 1. The number of nitrogens with zero attached hydrogens (tertiary/aromatic N) is 2. The first-order valence-corrected chi connectivity index (χ1v) is 16.5. The molecule has 10 rings (SSSR count). The number of hydrogen-bond donors (Lipinski definition) is 0. The summed E-state index contributed by atoms with van der Waals surface area (Å²) in [6, 6.07) is 51.3. The Bertz CT molecular complexity index is 2920. The van der Waals surface area contributed by atoms with Crippen molar-refractivity contribution < 1.29 is 4.42 Å². The van der Waals surface area contributed by atoms with Gasteiger partial charge < -0.3 is 8.98 Å². The van der Waals surface area contributed by atoms with Crippen LogP contribution in [0.1, 0.15) is 0 Å². The fourth-order valence-electron chi connectivity index (χ4n) is 7.40. The third-order valence-electron chi connectivity index (χ3n) is 9.44. The highest BCUT2D eigenvalue weighted by Gasteiger charge is 2.22. The van der Waals surface area contributed by atoms with Crippen molar-refractivity contribution in [2.45, 2.75) is 0 Å². The Morgan fingerprint density at radius 2 is 1.23 bits per heavy atom. The van der Waals surface area contributed by atoms with Gasteiger partial charge in [-0.25, -0.2) is 4.85 Å². The lowest BCUT2D eigenvalue weighted by molar-refractivity contribution is 0.668. The monoisotopic (exact) mass is 616 g/mol. The molecule has 0 aliphatic heterocycles. The summed E-state index contributed by atoms with van der Waals surface area (Å²) < 4.78 is 11.7. The zero-order valence-electron chi connectivity index (χ0n) is 25.1. The second-order valence-electron chi connectivity index (χ2n) is 11.9. The van der Waals surface area contributed by atoms with E-state index in [1.807, 2.05) is 23.5 Å². The first-order chi connectivity index (χ1) is 23.3. The summed E-state index contributed by atoms with van der Waals surface area (Å²) in [7, 11) is 0. The molecular formula is C43H24N2OS. The molecule has 47 heavy (non-hydrogen) atoms. The van der Waals surface area contributed by atoms with Crippen LogP contribution in [0.4, 0.5) is 5.69 Å². The second kappa shape index (κ2) is 9.92. The van der Waals surface area contributed by atoms with Crippen molar-refractivity contribution in [1.82, 2.24) is 4.57 Å². The molecular weight excluding hydrogens is 593 g/mol. The molecule has 0 bridgehead atoms. The van der Waals surface area contributed by atoms with Gasteiger partial charge in [-0.3, -0.25) is 0 Å². The number of benzene rings is 7. The van der Waals surface area contributed by atoms with E-state index in [0.717, 1.165) is 49.8 Å². The zero-order valence-corrected chi connectivity index (χ0v) is 25.9. The second-order valence-corrected chi connectivity index (χ2v) is 13.0. The molecule has 3 nitrogen and oxygen atoms in total. The molecule has 7 aromatic carbocycles. The van der Waals surface area contributed by atoms with E-state index in [9.17, 15) is 0 Å². The van der Waals surface area contributed by atoms with Crippen LogP contribution in [-0.4, -0.2) is 4.57 Å². The molecule has 0 radical (unpaired) electrons. The molecule has 0 aliphatic rings. The highest BCUT2D eigenvalue weighted by atomic mass is 32.1. The van der Waals surface area contributed by atoms with Crippen LogP contribution in [0.5, 0.6) is 0 Å². The van der Waals surface area contributed by atoms with E-state index in [4.69, 9.17) is 11.0 Å². The van der Waals surface area contributed by atoms with Crippen molar-refractivity contribution in [3.8, 4) is 27.9 Å². The smallest absolute Gasteiger partial charge is 0.229 e. The Morgan fingerprint density at radius 1 is 0.511 bits per heavy atom. The highest BCUT2D eigenvalue weighted by molar-refractivity contribution is 7.25. The largest absolute Gasteiger partial charge is 0.465 e. The topological polar surface area (TPSA) is 22.4 Å². The van der Waals surface area contributed by atoms with E-state index in [1.54, 1.807) is 0 Å². The minimum Gasteiger partial charge on any atom is -0.465 e. The fraction of sp³-hybridized carbons (Fsp3) is 0. The van der Waals surface area contributed by atoms with Gasteiger partial charge in [-0.1, -0.05) is 115 Å². The molecule has 0 fully saturated rings. The van der Waals surface area contributed by atoms with Crippen molar-refractivity contribution >= 4 is 80.9 Å². The number of hydrogen-bond acceptors (Lipinski definition) is 2. The number of rotatable bonds is 3. The summed E-state index contributed by atoms with van der Waals surface area (Å²) in [5, 5.41) is 6.84. The zero-order chi connectivity index (χ0) is 31.1. The van der Waals surface area contributed by atoms with Crippen LogP contribution in [0.2, 0.25) is 0 Å². The number of para-hydroxylation sites is 2. The lowest BCUT2D eigenvalue weighted by Gasteiger charge is -2.10. The Hall–Kier alpha value is -6.15. The van der Waals surface area contributed by atoms with Gasteiger partial charge in [0.15, 0.2) is 5.58 Å². The molecule has 0 unspecified atom stereocenters. The molecule has 0 N–H and O–H groups in total. The van der Waals surface area contributed by atoms with E-state index >= 15 is 0 Å². The van der Waals surface area contributed by atoms with Crippen LogP contribution in [-0.2, 0) is 0 Å². The van der Waals surface area contributed by atoms with Gasteiger partial charge in [-0.2, -0.15) is 0 Å². The van der Waals surface area contributed by atoms with E-state index in [2.05, 4.69) is 143 Å². The summed E-state index contributed by atoms with van der Waals surface area (Å²) in [5.41, 5.74) is 9.66. The third-order valence-corrected chi connectivity index (χ3v) is 10.6. The van der Waals surface area contributed by atoms with Gasteiger partial charge in [0.25, 0.3) is 0 Å². The fourth-order valence-corrected chi connectivity index (χ4v) is 8.53. The Balaban J connectivity index is 1.31. The molecule has 0 saturated carbocycles. The molecule has 4 heteroatoms. The van der Waals surface area contributed by atoms with Crippen LogP contribution >= 0.6 is 11.3 Å². The number of fused-ring (bicyclic) bond motifs is 9. The standard InChI is InChI=1S/C43H24N2OS/c1-44-34-24-23-31(30-15-10-20-39-40(30)32-14-6-8-19-38(32)47-39)41-33-16-9-18-36(42(33)46-43(34)41)45-35-17-7-5-13-28(35)29-22-21-27(25-37(29)45)26-11-3-2-4-12-26/h2-25H. The van der Waals surface area contributed by atoms with Gasteiger partial charge in [0.05, 0.1) is 23.3 Å². The van der Waals surface area contributed by atoms with Gasteiger partial charge in [0, 0.05) is 41.7 Å². The van der Waals surface area contributed by atoms with Crippen LogP contribution < -0.4 is 0 Å². The van der Waals surface area contributed by atoms with Gasteiger partial charge >= 0.3 is 0 Å². The molecule has 3 heterocycles. The van der Waals surface area contributed by atoms with Gasteiger partial charge in [0.1, 0.15) is 5.58 Å². The lowest BCUT2D eigenvalue weighted by atomic mass is 9.95. The Morgan fingerprint density at radius 3 is 2.13 bits per heavy atom. The van der Waals surface area contributed by atoms with Crippen molar-refractivity contribution in [2.24, 2.45) is 0 Å². The molecule has 0 saturated heterocycles. The summed E-state index contributed by atoms with van der Waals surface area (Å²) in [6.45, 7) is 8.06. The predicted molar refractivity (Wildman–Crippen MR) is 198 cm³/mol. The maximum atomic E-state index is 8.06. The highest BCUT2D eigenvalue weighted by Crippen LogP contribution is 2.47. The van der Waals surface area contributed by atoms with E-state index in [1.165, 1.54) is 36.5 Å². The van der Waals surface area contributed by atoms with Crippen LogP contribution in [0, 0.1) is 6.57 Å². The molecule has 0 spiro atoms. The lowest BCUT2D eigenvalue weighted by Crippen LogP contribution is -1.94. The Kier molecular flexibility index (Phi) is 5.51. The predicted octanol–water partition coefficient (Wildman–Crippen LogP) is 12.9. The van der Waals surface area contributed by atoms with E-state index < -0.39 is 0 Å². The first kappa shape index (κ1) is 26.1. The molecule has 3 aromatic heterocycles. The van der Waals surface area contributed by atoms with Gasteiger partial charge in [-0.05, 0) is 52.6 Å². The van der Waals surface area contributed by atoms with Crippen LogP contribution in [0.15, 0.2) is 150 Å². The Labute approximate surface area is 274 Å². The molecule has 218 valence electrons. The number of thiophene rings is 1. The maximum absolute atomic E-state index is 8.06. The molecule has 0 aliphatic carbocycles. The summed E-state index contributed by atoms with van der Waals surface area (Å²) in [4.78, 5) is 3.92. The summed E-state index contributed by atoms with van der Waals surface area (Å²) >= 11 is 1.82. The van der Waals surface area contributed by atoms with Gasteiger partial charge in [-0.15, -0.1) is 11.3 Å². The number of aromatic nitrogens is 1. The maximum Gasteiger partial charge on any atom is 0.229 e. The molecule has 10 aromatic rings. The SMILES string of the molecule is [C-]#[N+]c1ccc(-c2cccc3sc4ccccc4c23)c2c1oc1c(-n3c4ccccc4c4ccc(-c5ccccc5)cc43)cccc12. The quantitative estimate of drug-likeness (QED) is 0.181. The minimum absolute atomic E-state index is 0.516. The van der Waals surface area contributed by atoms with Crippen molar-refractivity contribution in [3.05, 3.63) is 157 Å². The summed E-state index contributed by atoms with van der Waals surface area (Å²) in [6.07, 6.45) is 0. The van der Waals surface area contributed by atoms with Crippen LogP contribution in [0.25, 0.3) is 96.7 Å². The third kappa shape index (κ3) is 3.72. The minimum atomic E-state index is 0.516. The average molecular weight is 617 g/mol. The van der Waals surface area contributed by atoms with Gasteiger partial charge in [0.2, 0.25) is 5.69 Å². The average Bonchev–Trinajstić information content (AvgIpc) is 3.81. The van der Waals surface area contributed by atoms with E-state index in [-0.39, 0.29) is 0 Å². The first-order valence-electron chi connectivity index (χ1n) is 15.6. The molecule has 0 amide bonds. The molecule has 0 atom stereocenters. The summed E-state index contributed by atoms with van der Waals surface area (Å²) in [5.74, 6) is 0. The van der Waals surface area contributed by atoms with Crippen molar-refractivity contribution in [1.29, 1.82) is 0 Å². The van der Waals surface area contributed by atoms with Crippen molar-refractivity contribution in [2.75, 3.05) is 0 Å². The van der Waals surface area contributed by atoms with Crippen molar-refractivity contribution in [3.63, 3.8) is 0 Å². The normalized spacial score (nSPS) is 11.8. The van der Waals surface area contributed by atoms with Crippen LogP contribution in [0.3, 0.4) is 0 Å². The van der Waals surface area contributed by atoms with E-state index in [0.29, 0.717) is 11.3 Å².